The van der Waals surface area contributed by atoms with E-state index in [1.54, 1.807) is 17.4 Å². The molecule has 2 N–H and O–H groups in total. The van der Waals surface area contributed by atoms with Gasteiger partial charge in [0.05, 0.1) is 27.8 Å². The molecule has 0 unspecified atom stereocenters. The quantitative estimate of drug-likeness (QED) is 0.559. The lowest BCUT2D eigenvalue weighted by molar-refractivity contribution is -0.120. The van der Waals surface area contributed by atoms with Gasteiger partial charge in [0.15, 0.2) is 0 Å². The maximum Gasteiger partial charge on any atom is 0.253 e. The van der Waals surface area contributed by atoms with Gasteiger partial charge in [-0.2, -0.15) is 0 Å². The second-order valence-corrected chi connectivity index (χ2v) is 8.26. The van der Waals surface area contributed by atoms with Gasteiger partial charge in [-0.25, -0.2) is 4.98 Å². The molecule has 3 rings (SSSR count). The number of hydrogen-bond donors (Lipinski definition) is 2. The summed E-state index contributed by atoms with van der Waals surface area (Å²) < 4.78 is 0. The Kier molecular flexibility index (Phi) is 7.25. The van der Waals surface area contributed by atoms with Crippen molar-refractivity contribution in [1.82, 2.24) is 15.6 Å². The molecule has 0 saturated heterocycles. The molecule has 0 aliphatic heterocycles. The zero-order chi connectivity index (χ0) is 20.8. The molecule has 1 heterocycles. The van der Waals surface area contributed by atoms with Crippen LogP contribution in [0.15, 0.2) is 47.8 Å². The fraction of sp³-hybridized carbons (Fsp3) is 0.190. The van der Waals surface area contributed by atoms with Crippen LogP contribution in [0.25, 0.3) is 11.3 Å². The molecule has 0 aliphatic carbocycles. The van der Waals surface area contributed by atoms with Crippen LogP contribution < -0.4 is 10.6 Å². The average molecular weight is 448 g/mol. The zero-order valence-electron chi connectivity index (χ0n) is 15.7. The molecule has 150 valence electrons. The Morgan fingerprint density at radius 1 is 1.07 bits per heavy atom. The standard InChI is InChI=1S/C21H19Cl2N3O2S/c1-13-26-19(12-29-13)15-4-2-14(3-5-15)8-9-24-20(27)11-25-21(28)17-7-6-16(22)10-18(17)23/h2-7,10,12H,8-9,11H2,1H3,(H,24,27)(H,25,28). The summed E-state index contributed by atoms with van der Waals surface area (Å²) in [5, 5.41) is 9.11. The minimum atomic E-state index is -0.422. The molecule has 2 aromatic carbocycles. The smallest absolute Gasteiger partial charge is 0.253 e. The molecule has 0 fully saturated rings. The molecule has 8 heteroatoms. The Hall–Kier alpha value is -2.41. The lowest BCUT2D eigenvalue weighted by Crippen LogP contribution is -2.37. The van der Waals surface area contributed by atoms with Crippen molar-refractivity contribution >= 4 is 46.4 Å². The molecule has 0 saturated carbocycles. The highest BCUT2D eigenvalue weighted by Crippen LogP contribution is 2.22. The van der Waals surface area contributed by atoms with Crippen LogP contribution in [0.4, 0.5) is 0 Å². The largest absolute Gasteiger partial charge is 0.354 e. The van der Waals surface area contributed by atoms with Crippen LogP contribution >= 0.6 is 34.5 Å². The molecule has 0 bridgehead atoms. The number of nitrogens with zero attached hydrogens (tertiary/aromatic N) is 1. The number of aromatic nitrogens is 1. The molecule has 5 nitrogen and oxygen atoms in total. The number of aryl methyl sites for hydroxylation is 1. The number of rotatable bonds is 7. The van der Waals surface area contributed by atoms with Crippen molar-refractivity contribution in [2.45, 2.75) is 13.3 Å². The first kappa shape index (κ1) is 21.3. The topological polar surface area (TPSA) is 71.1 Å². The molecule has 0 aliphatic rings. The third-order valence-electron chi connectivity index (χ3n) is 4.19. The highest BCUT2D eigenvalue weighted by molar-refractivity contribution is 7.09. The van der Waals surface area contributed by atoms with Crippen LogP contribution in [0.2, 0.25) is 10.0 Å². The first-order valence-electron chi connectivity index (χ1n) is 8.94. The van der Waals surface area contributed by atoms with E-state index in [4.69, 9.17) is 23.2 Å². The SMILES string of the molecule is Cc1nc(-c2ccc(CCNC(=O)CNC(=O)c3ccc(Cl)cc3Cl)cc2)cs1. The third kappa shape index (κ3) is 6.03. The van der Waals surface area contributed by atoms with Gasteiger partial charge in [-0.1, -0.05) is 47.5 Å². The summed E-state index contributed by atoms with van der Waals surface area (Å²) >= 11 is 13.4. The van der Waals surface area contributed by atoms with E-state index in [-0.39, 0.29) is 23.0 Å². The number of thiazole rings is 1. The van der Waals surface area contributed by atoms with Gasteiger partial charge in [-0.05, 0) is 37.1 Å². The van der Waals surface area contributed by atoms with E-state index < -0.39 is 5.91 Å². The van der Waals surface area contributed by atoms with Gasteiger partial charge >= 0.3 is 0 Å². The lowest BCUT2D eigenvalue weighted by Gasteiger charge is -2.08. The van der Waals surface area contributed by atoms with E-state index in [0.29, 0.717) is 18.0 Å². The Morgan fingerprint density at radius 3 is 2.48 bits per heavy atom. The van der Waals surface area contributed by atoms with Crippen molar-refractivity contribution < 1.29 is 9.59 Å². The molecular weight excluding hydrogens is 429 g/mol. The number of nitrogens with one attached hydrogen (secondary N) is 2. The van der Waals surface area contributed by atoms with Gasteiger partial charge < -0.3 is 10.6 Å². The molecular formula is C21H19Cl2N3O2S. The van der Waals surface area contributed by atoms with Crippen molar-refractivity contribution in [2.24, 2.45) is 0 Å². The first-order chi connectivity index (χ1) is 13.9. The van der Waals surface area contributed by atoms with E-state index in [0.717, 1.165) is 21.8 Å². The van der Waals surface area contributed by atoms with Crippen molar-refractivity contribution in [1.29, 1.82) is 0 Å². The van der Waals surface area contributed by atoms with Crippen LogP contribution in [-0.4, -0.2) is 29.9 Å². The van der Waals surface area contributed by atoms with Gasteiger partial charge in [-0.15, -0.1) is 11.3 Å². The first-order valence-corrected chi connectivity index (χ1v) is 10.6. The number of hydrogen-bond acceptors (Lipinski definition) is 4. The molecule has 3 aromatic rings. The van der Waals surface area contributed by atoms with E-state index >= 15 is 0 Å². The molecule has 2 amide bonds. The summed E-state index contributed by atoms with van der Waals surface area (Å²) in [4.78, 5) is 28.5. The van der Waals surface area contributed by atoms with Gasteiger partial charge in [0.2, 0.25) is 5.91 Å². The lowest BCUT2D eigenvalue weighted by atomic mass is 10.1. The van der Waals surface area contributed by atoms with Crippen LogP contribution in [0.5, 0.6) is 0 Å². The average Bonchev–Trinajstić information content (AvgIpc) is 3.13. The Morgan fingerprint density at radius 2 is 1.83 bits per heavy atom. The molecule has 29 heavy (non-hydrogen) atoms. The van der Waals surface area contributed by atoms with Gasteiger partial charge in [0.1, 0.15) is 0 Å². The van der Waals surface area contributed by atoms with Crippen molar-refractivity contribution in [3.05, 3.63) is 74.0 Å². The number of amides is 2. The maximum absolute atomic E-state index is 12.1. The Labute approximate surface area is 183 Å². The number of halogens is 2. The highest BCUT2D eigenvalue weighted by atomic mass is 35.5. The van der Waals surface area contributed by atoms with Gasteiger partial charge in [-0.3, -0.25) is 9.59 Å². The van der Waals surface area contributed by atoms with Crippen LogP contribution in [0, 0.1) is 6.92 Å². The van der Waals surface area contributed by atoms with E-state index in [2.05, 4.69) is 15.6 Å². The van der Waals surface area contributed by atoms with Crippen LogP contribution in [0.1, 0.15) is 20.9 Å². The normalized spacial score (nSPS) is 10.6. The fourth-order valence-corrected chi connectivity index (χ4v) is 3.79. The second-order valence-electron chi connectivity index (χ2n) is 6.36. The predicted octanol–water partition coefficient (Wildman–Crippen LogP) is 4.51. The summed E-state index contributed by atoms with van der Waals surface area (Å²) in [6.45, 7) is 2.34. The van der Waals surface area contributed by atoms with Crippen molar-refractivity contribution in [2.75, 3.05) is 13.1 Å². The monoisotopic (exact) mass is 447 g/mol. The second kappa shape index (κ2) is 9.87. The summed E-state index contributed by atoms with van der Waals surface area (Å²) in [6, 6.07) is 12.7. The minimum absolute atomic E-state index is 0.125. The molecule has 0 spiro atoms. The van der Waals surface area contributed by atoms with E-state index in [1.165, 1.54) is 12.1 Å². The van der Waals surface area contributed by atoms with Crippen LogP contribution in [-0.2, 0) is 11.2 Å². The van der Waals surface area contributed by atoms with Gasteiger partial charge in [0.25, 0.3) is 5.91 Å². The highest BCUT2D eigenvalue weighted by Gasteiger charge is 2.12. The van der Waals surface area contributed by atoms with E-state index in [9.17, 15) is 9.59 Å². The van der Waals surface area contributed by atoms with E-state index in [1.807, 2.05) is 36.6 Å². The number of carbonyl (C=O) groups excluding carboxylic acids is 2. The molecule has 0 atom stereocenters. The Bertz CT molecular complexity index is 1020. The summed E-state index contributed by atoms with van der Waals surface area (Å²) in [7, 11) is 0. The Balaban J connectivity index is 1.42. The molecule has 0 radical (unpaired) electrons. The number of benzene rings is 2. The molecule has 1 aromatic heterocycles. The van der Waals surface area contributed by atoms with Gasteiger partial charge in [0, 0.05) is 22.5 Å². The minimum Gasteiger partial charge on any atom is -0.354 e. The summed E-state index contributed by atoms with van der Waals surface area (Å²) in [6.07, 6.45) is 0.694. The van der Waals surface area contributed by atoms with Crippen molar-refractivity contribution in [3.8, 4) is 11.3 Å². The third-order valence-corrected chi connectivity index (χ3v) is 5.51. The number of carbonyl (C=O) groups is 2. The van der Waals surface area contributed by atoms with Crippen LogP contribution in [0.3, 0.4) is 0 Å². The predicted molar refractivity (Wildman–Crippen MR) is 118 cm³/mol. The summed E-state index contributed by atoms with van der Waals surface area (Å²) in [5.41, 5.74) is 3.44. The van der Waals surface area contributed by atoms with Crippen molar-refractivity contribution in [3.63, 3.8) is 0 Å². The summed E-state index contributed by atoms with van der Waals surface area (Å²) in [5.74, 6) is -0.687. The maximum atomic E-state index is 12.1. The zero-order valence-corrected chi connectivity index (χ0v) is 18.0. The fourth-order valence-electron chi connectivity index (χ4n) is 2.68.